The molecule has 3 N–H and O–H groups in total. The number of aromatic nitrogens is 1. The molecule has 0 fully saturated rings. The number of hydrogen-bond acceptors (Lipinski definition) is 6. The van der Waals surface area contributed by atoms with Gasteiger partial charge < -0.3 is 10.6 Å². The molecule has 8 heteroatoms. The van der Waals surface area contributed by atoms with Crippen LogP contribution in [0.15, 0.2) is 65.8 Å². The number of nitrogens with one attached hydrogen (secondary N) is 3. The normalized spacial score (nSPS) is 10.7. The summed E-state index contributed by atoms with van der Waals surface area (Å²) in [7, 11) is 0. The molecular formula is C18H16ClN5OS. The Bertz CT molecular complexity index is 883. The van der Waals surface area contributed by atoms with Gasteiger partial charge in [0, 0.05) is 11.4 Å². The number of halogens is 1. The van der Waals surface area contributed by atoms with Crippen LogP contribution in [0.2, 0.25) is 5.15 Å². The zero-order valence-electron chi connectivity index (χ0n) is 13.6. The topological polar surface area (TPSA) is 78.4 Å². The van der Waals surface area contributed by atoms with Crippen LogP contribution in [-0.4, -0.2) is 23.7 Å². The van der Waals surface area contributed by atoms with Crippen LogP contribution in [0.1, 0.15) is 4.88 Å². The van der Waals surface area contributed by atoms with E-state index in [9.17, 15) is 4.79 Å². The molecule has 0 unspecified atom stereocenters. The van der Waals surface area contributed by atoms with Gasteiger partial charge in [0.15, 0.2) is 10.3 Å². The third-order valence-electron chi connectivity index (χ3n) is 3.23. The van der Waals surface area contributed by atoms with Crippen LogP contribution in [0.4, 0.5) is 16.5 Å². The lowest BCUT2D eigenvalue weighted by molar-refractivity contribution is -0.119. The van der Waals surface area contributed by atoms with Crippen molar-refractivity contribution < 1.29 is 4.79 Å². The first-order chi connectivity index (χ1) is 12.7. The molecule has 1 heterocycles. The first-order valence-corrected chi connectivity index (χ1v) is 8.99. The van der Waals surface area contributed by atoms with Gasteiger partial charge in [0.05, 0.1) is 17.6 Å². The summed E-state index contributed by atoms with van der Waals surface area (Å²) in [5.41, 5.74) is 4.24. The zero-order chi connectivity index (χ0) is 18.2. The Morgan fingerprint density at radius 1 is 1.08 bits per heavy atom. The molecular weight excluding hydrogens is 370 g/mol. The Balaban J connectivity index is 1.51. The number of hydrazone groups is 1. The van der Waals surface area contributed by atoms with E-state index in [0.717, 1.165) is 11.4 Å². The average Bonchev–Trinajstić information content (AvgIpc) is 3.01. The number of anilines is 3. The molecule has 0 aliphatic carbocycles. The molecule has 0 aliphatic heterocycles. The minimum atomic E-state index is -0.256. The van der Waals surface area contributed by atoms with E-state index in [0.29, 0.717) is 15.2 Å². The Kier molecular flexibility index (Phi) is 6.19. The summed E-state index contributed by atoms with van der Waals surface area (Å²) >= 11 is 7.46. The third-order valence-corrected chi connectivity index (χ3v) is 4.54. The zero-order valence-corrected chi connectivity index (χ0v) is 15.2. The van der Waals surface area contributed by atoms with Gasteiger partial charge in [0.2, 0.25) is 0 Å². The SMILES string of the molecule is O=C(CNc1ccccc1)N/N=C\c1sc(Nc2ccccc2)nc1Cl. The van der Waals surface area contributed by atoms with Gasteiger partial charge in [-0.25, -0.2) is 10.4 Å². The predicted octanol–water partition coefficient (Wildman–Crippen LogP) is 4.10. The Hall–Kier alpha value is -2.90. The van der Waals surface area contributed by atoms with E-state index < -0.39 is 0 Å². The molecule has 3 aromatic rings. The number of carbonyl (C=O) groups is 1. The van der Waals surface area contributed by atoms with Crippen molar-refractivity contribution >= 4 is 51.6 Å². The van der Waals surface area contributed by atoms with Crippen molar-refractivity contribution in [2.45, 2.75) is 0 Å². The Labute approximate surface area is 159 Å². The molecule has 1 amide bonds. The predicted molar refractivity (Wildman–Crippen MR) is 108 cm³/mol. The maximum Gasteiger partial charge on any atom is 0.259 e. The van der Waals surface area contributed by atoms with Crippen molar-refractivity contribution in [3.63, 3.8) is 0 Å². The highest BCUT2D eigenvalue weighted by Crippen LogP contribution is 2.27. The Morgan fingerprint density at radius 3 is 2.42 bits per heavy atom. The number of benzene rings is 2. The fourth-order valence-corrected chi connectivity index (χ4v) is 3.08. The van der Waals surface area contributed by atoms with E-state index in [2.05, 4.69) is 26.1 Å². The number of rotatable bonds is 7. The van der Waals surface area contributed by atoms with Gasteiger partial charge in [-0.3, -0.25) is 4.79 Å². The molecule has 132 valence electrons. The first-order valence-electron chi connectivity index (χ1n) is 7.80. The lowest BCUT2D eigenvalue weighted by Gasteiger charge is -2.04. The molecule has 0 aliphatic rings. The fraction of sp³-hybridized carbons (Fsp3) is 0.0556. The number of amides is 1. The van der Waals surface area contributed by atoms with Gasteiger partial charge in [-0.2, -0.15) is 5.10 Å². The summed E-state index contributed by atoms with van der Waals surface area (Å²) in [6.07, 6.45) is 1.48. The van der Waals surface area contributed by atoms with Gasteiger partial charge in [-0.15, -0.1) is 0 Å². The van der Waals surface area contributed by atoms with Crippen molar-refractivity contribution in [1.29, 1.82) is 0 Å². The summed E-state index contributed by atoms with van der Waals surface area (Å²) in [5, 5.41) is 11.1. The van der Waals surface area contributed by atoms with Crippen LogP contribution in [-0.2, 0) is 4.79 Å². The van der Waals surface area contributed by atoms with Gasteiger partial charge in [-0.05, 0) is 24.3 Å². The van der Waals surface area contributed by atoms with E-state index in [1.807, 2.05) is 60.7 Å². The standard InChI is InChI=1S/C18H16ClN5OS/c19-17-15(26-18(23-17)22-14-9-5-2-6-10-14)11-21-24-16(25)12-20-13-7-3-1-4-8-13/h1-11,20H,12H2,(H,22,23)(H,24,25)/b21-11-. The fourth-order valence-electron chi connectivity index (χ4n) is 2.03. The van der Waals surface area contributed by atoms with Crippen molar-refractivity contribution in [3.05, 3.63) is 70.7 Å². The highest BCUT2D eigenvalue weighted by molar-refractivity contribution is 7.17. The van der Waals surface area contributed by atoms with Crippen LogP contribution < -0.4 is 16.1 Å². The summed E-state index contributed by atoms with van der Waals surface area (Å²) in [6, 6.07) is 19.1. The van der Waals surface area contributed by atoms with Gasteiger partial charge in [-0.1, -0.05) is 59.3 Å². The summed E-state index contributed by atoms with van der Waals surface area (Å²) in [4.78, 5) is 16.7. The molecule has 0 saturated heterocycles. The molecule has 2 aromatic carbocycles. The van der Waals surface area contributed by atoms with Gasteiger partial charge >= 0.3 is 0 Å². The smallest absolute Gasteiger partial charge is 0.259 e. The van der Waals surface area contributed by atoms with Crippen molar-refractivity contribution in [2.24, 2.45) is 5.10 Å². The molecule has 1 aromatic heterocycles. The minimum Gasteiger partial charge on any atom is -0.376 e. The number of carbonyl (C=O) groups excluding carboxylic acids is 1. The van der Waals surface area contributed by atoms with Gasteiger partial charge in [0.1, 0.15) is 0 Å². The quantitative estimate of drug-likeness (QED) is 0.422. The van der Waals surface area contributed by atoms with E-state index in [4.69, 9.17) is 11.6 Å². The second-order valence-corrected chi connectivity index (χ2v) is 6.57. The number of para-hydroxylation sites is 2. The number of thiazole rings is 1. The molecule has 0 radical (unpaired) electrons. The molecule has 3 rings (SSSR count). The molecule has 0 bridgehead atoms. The van der Waals surface area contributed by atoms with Crippen molar-refractivity contribution in [1.82, 2.24) is 10.4 Å². The summed E-state index contributed by atoms with van der Waals surface area (Å²) in [5.74, 6) is -0.256. The molecule has 26 heavy (non-hydrogen) atoms. The van der Waals surface area contributed by atoms with Crippen LogP contribution in [0.5, 0.6) is 0 Å². The summed E-state index contributed by atoms with van der Waals surface area (Å²) < 4.78 is 0. The first kappa shape index (κ1) is 17.9. The third kappa shape index (κ3) is 5.30. The highest BCUT2D eigenvalue weighted by Gasteiger charge is 2.08. The second-order valence-electron chi connectivity index (χ2n) is 5.18. The average molecular weight is 386 g/mol. The number of hydrogen-bond donors (Lipinski definition) is 3. The molecule has 0 spiro atoms. The largest absolute Gasteiger partial charge is 0.376 e. The van der Waals surface area contributed by atoms with E-state index >= 15 is 0 Å². The van der Waals surface area contributed by atoms with Crippen LogP contribution >= 0.6 is 22.9 Å². The van der Waals surface area contributed by atoms with E-state index in [1.165, 1.54) is 17.6 Å². The maximum atomic E-state index is 11.8. The minimum absolute atomic E-state index is 0.124. The highest BCUT2D eigenvalue weighted by atomic mass is 35.5. The van der Waals surface area contributed by atoms with Crippen molar-refractivity contribution in [3.8, 4) is 0 Å². The number of nitrogens with zero attached hydrogens (tertiary/aromatic N) is 2. The van der Waals surface area contributed by atoms with E-state index in [1.54, 1.807) is 0 Å². The van der Waals surface area contributed by atoms with Crippen molar-refractivity contribution in [2.75, 3.05) is 17.2 Å². The molecule has 0 atom stereocenters. The van der Waals surface area contributed by atoms with Gasteiger partial charge in [0.25, 0.3) is 5.91 Å². The lowest BCUT2D eigenvalue weighted by atomic mass is 10.3. The summed E-state index contributed by atoms with van der Waals surface area (Å²) in [6.45, 7) is 0.124. The van der Waals surface area contributed by atoms with Crippen LogP contribution in [0.25, 0.3) is 0 Å². The van der Waals surface area contributed by atoms with E-state index in [-0.39, 0.29) is 12.5 Å². The maximum absolute atomic E-state index is 11.8. The lowest BCUT2D eigenvalue weighted by Crippen LogP contribution is -2.25. The van der Waals surface area contributed by atoms with Crippen LogP contribution in [0, 0.1) is 0 Å². The van der Waals surface area contributed by atoms with Crippen LogP contribution in [0.3, 0.4) is 0 Å². The molecule has 6 nitrogen and oxygen atoms in total. The Morgan fingerprint density at radius 2 is 1.73 bits per heavy atom. The monoisotopic (exact) mass is 385 g/mol. The second kappa shape index (κ2) is 8.98. The molecule has 0 saturated carbocycles.